The molecule has 0 amide bonds. The van der Waals surface area contributed by atoms with Crippen LogP contribution in [0.1, 0.15) is 32.1 Å². The average molecular weight is 485 g/mol. The number of rotatable bonds is 7. The fraction of sp³-hybridized carbons (Fsp3) is 0.480. The largest absolute Gasteiger partial charge is 0.368 e. The summed E-state index contributed by atoms with van der Waals surface area (Å²) in [5.74, 6) is 0.696. The van der Waals surface area contributed by atoms with Crippen LogP contribution < -0.4 is 9.62 Å². The van der Waals surface area contributed by atoms with Crippen LogP contribution in [-0.4, -0.2) is 57.1 Å². The maximum absolute atomic E-state index is 12.5. The first-order chi connectivity index (χ1) is 16.1. The molecule has 33 heavy (non-hydrogen) atoms. The van der Waals surface area contributed by atoms with E-state index in [0.717, 1.165) is 58.4 Å². The van der Waals surface area contributed by atoms with Crippen LogP contribution in [0, 0.1) is 5.92 Å². The molecule has 3 aromatic rings. The lowest BCUT2D eigenvalue weighted by molar-refractivity contribution is 0.214. The van der Waals surface area contributed by atoms with Gasteiger partial charge in [0.05, 0.1) is 0 Å². The molecule has 1 saturated carbocycles. The van der Waals surface area contributed by atoms with Crippen LogP contribution in [0.25, 0.3) is 10.1 Å². The molecule has 1 aliphatic heterocycles. The lowest BCUT2D eigenvalue weighted by Crippen LogP contribution is -2.47. The van der Waals surface area contributed by atoms with E-state index >= 15 is 0 Å². The molecule has 176 valence electrons. The van der Waals surface area contributed by atoms with E-state index in [1.54, 1.807) is 18.3 Å². The number of pyridine rings is 1. The third kappa shape index (κ3) is 5.40. The van der Waals surface area contributed by atoms with Crippen molar-refractivity contribution in [3.63, 3.8) is 0 Å². The maximum atomic E-state index is 12.5. The zero-order valence-corrected chi connectivity index (χ0v) is 20.5. The van der Waals surface area contributed by atoms with Crippen molar-refractivity contribution in [3.05, 3.63) is 54.2 Å². The Hall–Kier alpha value is -2.00. The van der Waals surface area contributed by atoms with Gasteiger partial charge in [0.2, 0.25) is 10.0 Å². The highest BCUT2D eigenvalue weighted by atomic mass is 32.2. The summed E-state index contributed by atoms with van der Waals surface area (Å²) in [4.78, 5) is 9.31. The van der Waals surface area contributed by atoms with E-state index in [1.807, 2.05) is 11.3 Å². The van der Waals surface area contributed by atoms with Gasteiger partial charge >= 0.3 is 0 Å². The highest BCUT2D eigenvalue weighted by molar-refractivity contribution is 7.89. The summed E-state index contributed by atoms with van der Waals surface area (Å²) >= 11 is 1.81. The second kappa shape index (κ2) is 10.1. The van der Waals surface area contributed by atoms with Crippen LogP contribution in [0.15, 0.2) is 59.1 Å². The Labute approximate surface area is 200 Å². The Bertz CT molecular complexity index is 1150. The van der Waals surface area contributed by atoms with Gasteiger partial charge in [-0.25, -0.2) is 13.1 Å². The minimum atomic E-state index is -3.47. The monoisotopic (exact) mass is 484 g/mol. The zero-order chi connectivity index (χ0) is 22.7. The van der Waals surface area contributed by atoms with Crippen LogP contribution in [0.3, 0.4) is 0 Å². The van der Waals surface area contributed by atoms with Gasteiger partial charge in [0.1, 0.15) is 4.90 Å². The third-order valence-electron chi connectivity index (χ3n) is 7.15. The molecule has 0 unspecified atom stereocenters. The molecule has 5 rings (SSSR count). The van der Waals surface area contributed by atoms with Crippen LogP contribution in [0.2, 0.25) is 0 Å². The number of aromatic nitrogens is 1. The van der Waals surface area contributed by atoms with Crippen LogP contribution in [-0.2, 0) is 10.0 Å². The molecule has 1 aliphatic carbocycles. The predicted molar refractivity (Wildman–Crippen MR) is 135 cm³/mol. The summed E-state index contributed by atoms with van der Waals surface area (Å²) in [6.45, 7) is 5.53. The van der Waals surface area contributed by atoms with E-state index in [1.165, 1.54) is 28.4 Å². The fourth-order valence-electron chi connectivity index (χ4n) is 5.19. The molecule has 3 heterocycles. The van der Waals surface area contributed by atoms with Crippen LogP contribution in [0.4, 0.5) is 5.69 Å². The molecule has 0 radical (unpaired) electrons. The van der Waals surface area contributed by atoms with E-state index in [9.17, 15) is 8.42 Å². The second-order valence-corrected chi connectivity index (χ2v) is 11.9. The van der Waals surface area contributed by atoms with Gasteiger partial charge in [-0.3, -0.25) is 9.88 Å². The summed E-state index contributed by atoms with van der Waals surface area (Å²) in [6.07, 6.45) is 8.25. The van der Waals surface area contributed by atoms with Gasteiger partial charge in [0.25, 0.3) is 0 Å². The molecular formula is C25H32N4O2S2. The zero-order valence-electron chi connectivity index (χ0n) is 18.9. The van der Waals surface area contributed by atoms with E-state index in [0.29, 0.717) is 5.92 Å². The minimum Gasteiger partial charge on any atom is -0.368 e. The smallest absolute Gasteiger partial charge is 0.242 e. The lowest BCUT2D eigenvalue weighted by atomic mass is 9.84. The van der Waals surface area contributed by atoms with Gasteiger partial charge in [-0.05, 0) is 80.3 Å². The number of anilines is 1. The molecule has 2 fully saturated rings. The Morgan fingerprint density at radius 2 is 1.82 bits per heavy atom. The molecular weight excluding hydrogens is 452 g/mol. The van der Waals surface area contributed by atoms with Gasteiger partial charge in [-0.2, -0.15) is 0 Å². The molecule has 1 saturated heterocycles. The lowest BCUT2D eigenvalue weighted by Gasteiger charge is -2.37. The first-order valence-corrected chi connectivity index (χ1v) is 14.3. The summed E-state index contributed by atoms with van der Waals surface area (Å²) in [5, 5.41) is 3.56. The van der Waals surface area contributed by atoms with Crippen molar-refractivity contribution >= 4 is 37.1 Å². The fourth-order valence-corrected chi connectivity index (χ4v) is 7.27. The van der Waals surface area contributed by atoms with E-state index in [2.05, 4.69) is 49.2 Å². The van der Waals surface area contributed by atoms with Crippen molar-refractivity contribution in [2.24, 2.45) is 5.92 Å². The maximum Gasteiger partial charge on any atom is 0.242 e. The first-order valence-electron chi connectivity index (χ1n) is 11.9. The normalized spacial score (nSPS) is 22.6. The number of nitrogens with one attached hydrogen (secondary N) is 1. The molecule has 0 spiro atoms. The standard InChI is InChI=1S/C25H32N4O2S2/c30-33(31,22-3-2-12-26-19-22)27-21-8-6-20(7-9-21)10-13-28-14-16-29(17-15-28)24-4-1-5-25-23(24)11-18-32-25/h1-5,11-12,18-21,27H,6-10,13-17H2/t20-,21-. The first kappa shape index (κ1) is 22.8. The minimum absolute atomic E-state index is 0.0369. The average Bonchev–Trinajstić information content (AvgIpc) is 3.34. The summed E-state index contributed by atoms with van der Waals surface area (Å²) < 4.78 is 29.3. The highest BCUT2D eigenvalue weighted by Gasteiger charge is 2.26. The van der Waals surface area contributed by atoms with Crippen LogP contribution in [0.5, 0.6) is 0 Å². The van der Waals surface area contributed by atoms with Gasteiger partial charge in [0.15, 0.2) is 0 Å². The molecule has 1 aromatic carbocycles. The number of hydrogen-bond acceptors (Lipinski definition) is 6. The number of nitrogens with zero attached hydrogens (tertiary/aromatic N) is 3. The van der Waals surface area contributed by atoms with Crippen molar-refractivity contribution in [2.75, 3.05) is 37.6 Å². The number of hydrogen-bond donors (Lipinski definition) is 1. The van der Waals surface area contributed by atoms with Gasteiger partial charge in [-0.1, -0.05) is 6.07 Å². The van der Waals surface area contributed by atoms with Crippen LogP contribution >= 0.6 is 11.3 Å². The van der Waals surface area contributed by atoms with E-state index < -0.39 is 10.0 Å². The Kier molecular flexibility index (Phi) is 6.97. The SMILES string of the molecule is O=S(=O)(N[C@H]1CC[C@H](CCN2CCN(c3cccc4sccc34)CC2)CC1)c1cccnc1. The summed E-state index contributed by atoms with van der Waals surface area (Å²) in [5.41, 5.74) is 1.38. The van der Waals surface area contributed by atoms with Gasteiger partial charge in [0, 0.05) is 60.4 Å². The Balaban J connectivity index is 1.05. The molecule has 0 atom stereocenters. The van der Waals surface area contributed by atoms with Crippen molar-refractivity contribution in [3.8, 4) is 0 Å². The number of fused-ring (bicyclic) bond motifs is 1. The van der Waals surface area contributed by atoms with Gasteiger partial charge in [-0.15, -0.1) is 11.3 Å². The molecule has 8 heteroatoms. The third-order valence-corrected chi connectivity index (χ3v) is 9.54. The van der Waals surface area contributed by atoms with Crippen molar-refractivity contribution in [1.29, 1.82) is 0 Å². The highest BCUT2D eigenvalue weighted by Crippen LogP contribution is 2.32. The molecule has 0 bridgehead atoms. The molecule has 6 nitrogen and oxygen atoms in total. The summed E-state index contributed by atoms with van der Waals surface area (Å²) in [6, 6.07) is 12.2. The van der Waals surface area contributed by atoms with Crippen molar-refractivity contribution in [2.45, 2.75) is 43.0 Å². The van der Waals surface area contributed by atoms with Crippen molar-refractivity contribution in [1.82, 2.24) is 14.6 Å². The number of benzene rings is 1. The van der Waals surface area contributed by atoms with E-state index in [4.69, 9.17) is 0 Å². The number of sulfonamides is 1. The van der Waals surface area contributed by atoms with Crippen molar-refractivity contribution < 1.29 is 8.42 Å². The molecule has 1 N–H and O–H groups in total. The molecule has 2 aromatic heterocycles. The predicted octanol–water partition coefficient (Wildman–Crippen LogP) is 4.35. The molecule has 2 aliphatic rings. The van der Waals surface area contributed by atoms with Gasteiger partial charge < -0.3 is 4.90 Å². The Morgan fingerprint density at radius 3 is 2.58 bits per heavy atom. The number of piperazine rings is 1. The Morgan fingerprint density at radius 1 is 1.00 bits per heavy atom. The quantitative estimate of drug-likeness (QED) is 0.540. The number of thiophene rings is 1. The van der Waals surface area contributed by atoms with E-state index in [-0.39, 0.29) is 10.9 Å². The summed E-state index contributed by atoms with van der Waals surface area (Å²) in [7, 11) is -3.47. The topological polar surface area (TPSA) is 65.5 Å². The second-order valence-electron chi connectivity index (χ2n) is 9.25.